The molecule has 0 spiro atoms. The Morgan fingerprint density at radius 2 is 2.31 bits per heavy atom. The monoisotopic (exact) mass is 222 g/mol. The Bertz CT molecular complexity index is 315. The van der Waals surface area contributed by atoms with Crippen molar-refractivity contribution < 1.29 is 0 Å². The van der Waals surface area contributed by atoms with E-state index in [0.717, 1.165) is 25.7 Å². The predicted molar refractivity (Wildman–Crippen MR) is 65.3 cm³/mol. The molecule has 90 valence electrons. The topological polar surface area (TPSA) is 33.1 Å². The van der Waals surface area contributed by atoms with Crippen molar-refractivity contribution >= 4 is 0 Å². The highest BCUT2D eigenvalue weighted by atomic mass is 15.1. The van der Waals surface area contributed by atoms with E-state index in [9.17, 15) is 0 Å². The van der Waals surface area contributed by atoms with Gasteiger partial charge in [0.1, 0.15) is 5.82 Å². The molecule has 1 aromatic rings. The molecule has 1 aromatic heterocycles. The number of hydrogen-bond donors (Lipinski definition) is 1. The second-order valence-corrected chi connectivity index (χ2v) is 4.85. The Balaban J connectivity index is 1.76. The van der Waals surface area contributed by atoms with E-state index < -0.39 is 0 Å². The van der Waals surface area contributed by atoms with Gasteiger partial charge < -0.3 is 14.8 Å². The summed E-state index contributed by atoms with van der Waals surface area (Å²) in [6, 6.07) is 0.756. The van der Waals surface area contributed by atoms with Gasteiger partial charge in [-0.2, -0.15) is 0 Å². The van der Waals surface area contributed by atoms with E-state index in [0.29, 0.717) is 0 Å². The molecule has 0 saturated heterocycles. The molecule has 1 heterocycles. The van der Waals surface area contributed by atoms with Crippen LogP contribution >= 0.6 is 0 Å². The molecule has 0 unspecified atom stereocenters. The van der Waals surface area contributed by atoms with Gasteiger partial charge >= 0.3 is 0 Å². The van der Waals surface area contributed by atoms with Gasteiger partial charge in [0, 0.05) is 25.0 Å². The van der Waals surface area contributed by atoms with Crippen molar-refractivity contribution in [1.29, 1.82) is 0 Å². The number of nitrogens with zero attached hydrogens (tertiary/aromatic N) is 3. The van der Waals surface area contributed by atoms with Crippen LogP contribution in [0.4, 0.5) is 0 Å². The Hall–Kier alpha value is -0.870. The fraction of sp³-hybridized carbons (Fsp3) is 0.750. The van der Waals surface area contributed by atoms with E-state index in [1.807, 2.05) is 6.20 Å². The lowest BCUT2D eigenvalue weighted by Crippen LogP contribution is -2.20. The molecule has 4 heteroatoms. The van der Waals surface area contributed by atoms with E-state index in [4.69, 9.17) is 0 Å². The third kappa shape index (κ3) is 3.61. The lowest BCUT2D eigenvalue weighted by atomic mass is 10.4. The van der Waals surface area contributed by atoms with Crippen molar-refractivity contribution in [3.63, 3.8) is 0 Å². The van der Waals surface area contributed by atoms with Crippen LogP contribution in [0.15, 0.2) is 12.4 Å². The number of aromatic nitrogens is 2. The molecule has 1 aliphatic carbocycles. The van der Waals surface area contributed by atoms with E-state index >= 15 is 0 Å². The quantitative estimate of drug-likeness (QED) is 0.749. The molecule has 1 N–H and O–H groups in total. The van der Waals surface area contributed by atoms with Crippen molar-refractivity contribution in [2.75, 3.05) is 20.6 Å². The molecule has 0 atom stereocenters. The van der Waals surface area contributed by atoms with Crippen LogP contribution in [0, 0.1) is 0 Å². The largest absolute Gasteiger partial charge is 0.334 e. The maximum Gasteiger partial charge on any atom is 0.122 e. The van der Waals surface area contributed by atoms with Gasteiger partial charge in [0.05, 0.1) is 6.54 Å². The highest BCUT2D eigenvalue weighted by Crippen LogP contribution is 2.19. The van der Waals surface area contributed by atoms with Gasteiger partial charge in [0.2, 0.25) is 0 Å². The average molecular weight is 222 g/mol. The molecule has 0 radical (unpaired) electrons. The lowest BCUT2D eigenvalue weighted by Gasteiger charge is -2.11. The van der Waals surface area contributed by atoms with Gasteiger partial charge in [0.15, 0.2) is 0 Å². The van der Waals surface area contributed by atoms with Crippen LogP contribution < -0.4 is 5.32 Å². The third-order valence-corrected chi connectivity index (χ3v) is 2.93. The van der Waals surface area contributed by atoms with Gasteiger partial charge in [-0.25, -0.2) is 4.98 Å². The highest BCUT2D eigenvalue weighted by Gasteiger charge is 2.20. The summed E-state index contributed by atoms with van der Waals surface area (Å²) in [5.41, 5.74) is 0. The smallest absolute Gasteiger partial charge is 0.122 e. The Labute approximate surface area is 97.7 Å². The molecule has 0 bridgehead atoms. The minimum atomic E-state index is 0.756. The molecule has 1 saturated carbocycles. The maximum absolute atomic E-state index is 4.40. The molecule has 2 rings (SSSR count). The minimum Gasteiger partial charge on any atom is -0.334 e. The number of aryl methyl sites for hydroxylation is 1. The summed E-state index contributed by atoms with van der Waals surface area (Å²) in [5.74, 6) is 1.17. The second-order valence-electron chi connectivity index (χ2n) is 4.85. The van der Waals surface area contributed by atoms with E-state index in [2.05, 4.69) is 40.1 Å². The summed E-state index contributed by atoms with van der Waals surface area (Å²) in [6.07, 6.45) is 7.83. The standard InChI is InChI=1S/C12H22N4/c1-15(2)7-3-8-16-9-6-13-12(16)10-14-11-4-5-11/h6,9,11,14H,3-5,7-8,10H2,1-2H3. The molecule has 1 aliphatic rings. The van der Waals surface area contributed by atoms with Crippen molar-refractivity contribution in [2.24, 2.45) is 0 Å². The summed E-state index contributed by atoms with van der Waals surface area (Å²) in [5, 5.41) is 3.50. The fourth-order valence-corrected chi connectivity index (χ4v) is 1.79. The first-order valence-electron chi connectivity index (χ1n) is 6.14. The summed E-state index contributed by atoms with van der Waals surface area (Å²) in [4.78, 5) is 6.62. The maximum atomic E-state index is 4.40. The average Bonchev–Trinajstić information content (AvgIpc) is 2.96. The van der Waals surface area contributed by atoms with Crippen LogP contribution in [0.1, 0.15) is 25.1 Å². The normalized spacial score (nSPS) is 15.9. The van der Waals surface area contributed by atoms with E-state index in [1.165, 1.54) is 25.1 Å². The zero-order chi connectivity index (χ0) is 11.4. The zero-order valence-corrected chi connectivity index (χ0v) is 10.3. The van der Waals surface area contributed by atoms with Crippen LogP contribution in [0.25, 0.3) is 0 Å². The Morgan fingerprint density at radius 1 is 1.50 bits per heavy atom. The van der Waals surface area contributed by atoms with Crippen molar-refractivity contribution in [2.45, 2.75) is 38.4 Å². The second kappa shape index (κ2) is 5.46. The van der Waals surface area contributed by atoms with Gasteiger partial charge in [-0.05, 0) is 39.9 Å². The summed E-state index contributed by atoms with van der Waals surface area (Å²) in [7, 11) is 4.23. The molecule has 0 amide bonds. The third-order valence-electron chi connectivity index (χ3n) is 2.93. The highest BCUT2D eigenvalue weighted by molar-refractivity contribution is 4.94. The summed E-state index contributed by atoms with van der Waals surface area (Å²) in [6.45, 7) is 3.12. The van der Waals surface area contributed by atoms with Gasteiger partial charge in [0.25, 0.3) is 0 Å². The molecule has 16 heavy (non-hydrogen) atoms. The number of imidazole rings is 1. The fourth-order valence-electron chi connectivity index (χ4n) is 1.79. The summed E-state index contributed by atoms with van der Waals surface area (Å²) < 4.78 is 2.26. The van der Waals surface area contributed by atoms with Crippen LogP contribution in [0.2, 0.25) is 0 Å². The van der Waals surface area contributed by atoms with Crippen molar-refractivity contribution in [3.8, 4) is 0 Å². The molecule has 0 aromatic carbocycles. The SMILES string of the molecule is CN(C)CCCn1ccnc1CNC1CC1. The Kier molecular flexibility index (Phi) is 3.96. The molecule has 1 fully saturated rings. The lowest BCUT2D eigenvalue weighted by molar-refractivity contribution is 0.384. The summed E-state index contributed by atoms with van der Waals surface area (Å²) >= 11 is 0. The van der Waals surface area contributed by atoms with Gasteiger partial charge in [-0.3, -0.25) is 0 Å². The minimum absolute atomic E-state index is 0.756. The van der Waals surface area contributed by atoms with Crippen LogP contribution in [0.5, 0.6) is 0 Å². The predicted octanol–water partition coefficient (Wildman–Crippen LogP) is 1.09. The number of rotatable bonds is 7. The van der Waals surface area contributed by atoms with Crippen LogP contribution in [-0.4, -0.2) is 41.1 Å². The Morgan fingerprint density at radius 3 is 3.00 bits per heavy atom. The van der Waals surface area contributed by atoms with Crippen LogP contribution in [0.3, 0.4) is 0 Å². The van der Waals surface area contributed by atoms with E-state index in [-0.39, 0.29) is 0 Å². The molecular formula is C12H22N4. The first-order chi connectivity index (χ1) is 7.75. The van der Waals surface area contributed by atoms with Gasteiger partial charge in [-0.1, -0.05) is 0 Å². The number of nitrogens with one attached hydrogen (secondary N) is 1. The van der Waals surface area contributed by atoms with Crippen molar-refractivity contribution in [1.82, 2.24) is 19.8 Å². The number of hydrogen-bond acceptors (Lipinski definition) is 3. The van der Waals surface area contributed by atoms with Gasteiger partial charge in [-0.15, -0.1) is 0 Å². The van der Waals surface area contributed by atoms with Crippen LogP contribution in [-0.2, 0) is 13.1 Å². The zero-order valence-electron chi connectivity index (χ0n) is 10.3. The van der Waals surface area contributed by atoms with E-state index in [1.54, 1.807) is 0 Å². The van der Waals surface area contributed by atoms with Crippen molar-refractivity contribution in [3.05, 3.63) is 18.2 Å². The first-order valence-corrected chi connectivity index (χ1v) is 6.14. The first kappa shape index (κ1) is 11.6. The molecular weight excluding hydrogens is 200 g/mol. The molecule has 4 nitrogen and oxygen atoms in total. The molecule has 0 aliphatic heterocycles.